The molecule has 0 aliphatic heterocycles. The standard InChI is InChI=1S/C18H19ClFN3O/c1-12-5-4-6-14(20)13(12)11-23(18(24)9-19)17-10-21-15-7-2-3-8-16(15)22-17/h4-6,10H,2-3,7-9,11H2,1H3. The molecule has 4 nitrogen and oxygen atoms in total. The Morgan fingerprint density at radius 3 is 2.75 bits per heavy atom. The van der Waals surface area contributed by atoms with Gasteiger partial charge in [-0.15, -0.1) is 11.6 Å². The number of alkyl halides is 1. The van der Waals surface area contributed by atoms with Crippen molar-refractivity contribution in [1.29, 1.82) is 0 Å². The van der Waals surface area contributed by atoms with E-state index < -0.39 is 0 Å². The summed E-state index contributed by atoms with van der Waals surface area (Å²) in [6, 6.07) is 4.87. The molecule has 6 heteroatoms. The van der Waals surface area contributed by atoms with Gasteiger partial charge in [-0.1, -0.05) is 12.1 Å². The van der Waals surface area contributed by atoms with Crippen LogP contribution in [-0.2, 0) is 24.2 Å². The molecule has 126 valence electrons. The third-order valence-corrected chi connectivity index (χ3v) is 4.59. The predicted molar refractivity (Wildman–Crippen MR) is 91.7 cm³/mol. The monoisotopic (exact) mass is 347 g/mol. The Morgan fingerprint density at radius 1 is 1.29 bits per heavy atom. The number of carbonyl (C=O) groups excluding carboxylic acids is 1. The van der Waals surface area contributed by atoms with Gasteiger partial charge in [-0.3, -0.25) is 14.7 Å². The minimum Gasteiger partial charge on any atom is -0.290 e. The molecule has 1 aliphatic carbocycles. The molecule has 3 rings (SSSR count). The van der Waals surface area contributed by atoms with Crippen molar-refractivity contribution >= 4 is 23.3 Å². The first-order chi connectivity index (χ1) is 11.6. The third-order valence-electron chi connectivity index (χ3n) is 4.36. The zero-order valence-electron chi connectivity index (χ0n) is 13.6. The number of hydrogen-bond acceptors (Lipinski definition) is 3. The van der Waals surface area contributed by atoms with E-state index in [0.29, 0.717) is 11.4 Å². The lowest BCUT2D eigenvalue weighted by atomic mass is 10.0. The maximum Gasteiger partial charge on any atom is 0.243 e. The lowest BCUT2D eigenvalue weighted by molar-refractivity contribution is -0.116. The van der Waals surface area contributed by atoms with Crippen molar-refractivity contribution in [2.75, 3.05) is 10.8 Å². The summed E-state index contributed by atoms with van der Waals surface area (Å²) >= 11 is 5.75. The number of rotatable bonds is 4. The zero-order valence-corrected chi connectivity index (χ0v) is 14.3. The topological polar surface area (TPSA) is 46.1 Å². The average Bonchev–Trinajstić information content (AvgIpc) is 2.60. The first kappa shape index (κ1) is 16.8. The Balaban J connectivity index is 1.97. The maximum absolute atomic E-state index is 14.2. The van der Waals surface area contributed by atoms with Gasteiger partial charge in [0.15, 0.2) is 5.82 Å². The van der Waals surface area contributed by atoms with Gasteiger partial charge in [0.25, 0.3) is 0 Å². The minimum atomic E-state index is -0.340. The maximum atomic E-state index is 14.2. The van der Waals surface area contributed by atoms with E-state index in [1.54, 1.807) is 12.3 Å². The molecule has 0 atom stereocenters. The summed E-state index contributed by atoms with van der Waals surface area (Å²) in [5.74, 6) is -0.409. The lowest BCUT2D eigenvalue weighted by Crippen LogP contribution is -2.33. The molecule has 2 aromatic rings. The van der Waals surface area contributed by atoms with E-state index in [-0.39, 0.29) is 24.1 Å². The summed E-state index contributed by atoms with van der Waals surface area (Å²) in [5.41, 5.74) is 3.17. The molecule has 1 aromatic carbocycles. The average molecular weight is 348 g/mol. The van der Waals surface area contributed by atoms with E-state index in [9.17, 15) is 9.18 Å². The number of aryl methyl sites for hydroxylation is 3. The van der Waals surface area contributed by atoms with E-state index in [0.717, 1.165) is 42.6 Å². The molecular formula is C18H19ClFN3O. The number of hydrogen-bond donors (Lipinski definition) is 0. The number of fused-ring (bicyclic) bond motifs is 1. The third kappa shape index (κ3) is 3.41. The van der Waals surface area contributed by atoms with E-state index in [1.165, 1.54) is 11.0 Å². The summed E-state index contributed by atoms with van der Waals surface area (Å²) in [6.07, 6.45) is 5.54. The number of benzene rings is 1. The van der Waals surface area contributed by atoms with Crippen LogP contribution in [0.4, 0.5) is 10.2 Å². The van der Waals surface area contributed by atoms with E-state index in [2.05, 4.69) is 9.97 Å². The van der Waals surface area contributed by atoms with Gasteiger partial charge in [-0.05, 0) is 44.2 Å². The predicted octanol–water partition coefficient (Wildman–Crippen LogP) is 3.57. The molecule has 1 heterocycles. The SMILES string of the molecule is Cc1cccc(F)c1CN(C(=O)CCl)c1cnc2c(n1)CCCC2. The second kappa shape index (κ2) is 7.26. The molecule has 1 aliphatic rings. The van der Waals surface area contributed by atoms with Crippen molar-refractivity contribution in [2.45, 2.75) is 39.2 Å². The quantitative estimate of drug-likeness (QED) is 0.794. The molecule has 1 amide bonds. The highest BCUT2D eigenvalue weighted by Crippen LogP contribution is 2.23. The smallest absolute Gasteiger partial charge is 0.243 e. The highest BCUT2D eigenvalue weighted by molar-refractivity contribution is 6.29. The Bertz CT molecular complexity index is 746. The summed E-state index contributed by atoms with van der Waals surface area (Å²) in [4.78, 5) is 22.8. The highest BCUT2D eigenvalue weighted by atomic mass is 35.5. The fourth-order valence-corrected chi connectivity index (χ4v) is 3.10. The molecule has 0 radical (unpaired) electrons. The van der Waals surface area contributed by atoms with Crippen molar-refractivity contribution in [3.8, 4) is 0 Å². The Hall–Kier alpha value is -2.01. The van der Waals surface area contributed by atoms with Gasteiger partial charge in [0.2, 0.25) is 5.91 Å². The van der Waals surface area contributed by atoms with Crippen molar-refractivity contribution < 1.29 is 9.18 Å². The van der Waals surface area contributed by atoms with Crippen LogP contribution in [-0.4, -0.2) is 21.8 Å². The molecular weight excluding hydrogens is 329 g/mol. The Labute approximate surface area is 145 Å². The lowest BCUT2D eigenvalue weighted by Gasteiger charge is -2.24. The van der Waals surface area contributed by atoms with Gasteiger partial charge >= 0.3 is 0 Å². The molecule has 0 saturated heterocycles. The molecule has 0 unspecified atom stereocenters. The van der Waals surface area contributed by atoms with Gasteiger partial charge in [0.05, 0.1) is 24.1 Å². The summed E-state index contributed by atoms with van der Waals surface area (Å²) < 4.78 is 14.2. The normalized spacial score (nSPS) is 13.5. The van der Waals surface area contributed by atoms with E-state index in [1.807, 2.05) is 13.0 Å². The van der Waals surface area contributed by atoms with Gasteiger partial charge in [-0.25, -0.2) is 9.37 Å². The number of aromatic nitrogens is 2. The molecule has 0 spiro atoms. The van der Waals surface area contributed by atoms with Crippen LogP contribution in [0.1, 0.15) is 35.4 Å². The zero-order chi connectivity index (χ0) is 17.1. The van der Waals surface area contributed by atoms with E-state index >= 15 is 0 Å². The van der Waals surface area contributed by atoms with Crippen molar-refractivity contribution in [3.05, 3.63) is 52.7 Å². The first-order valence-corrected chi connectivity index (χ1v) is 8.58. The van der Waals surface area contributed by atoms with Crippen LogP contribution in [0.15, 0.2) is 24.4 Å². The van der Waals surface area contributed by atoms with Gasteiger partial charge < -0.3 is 0 Å². The van der Waals surface area contributed by atoms with Crippen LogP contribution < -0.4 is 4.90 Å². The van der Waals surface area contributed by atoms with Crippen LogP contribution in [0.5, 0.6) is 0 Å². The van der Waals surface area contributed by atoms with Crippen LogP contribution in [0, 0.1) is 12.7 Å². The summed E-state index contributed by atoms with van der Waals surface area (Å²) in [7, 11) is 0. The number of nitrogens with zero attached hydrogens (tertiary/aromatic N) is 3. The first-order valence-electron chi connectivity index (χ1n) is 8.05. The van der Waals surface area contributed by atoms with Crippen molar-refractivity contribution in [2.24, 2.45) is 0 Å². The molecule has 0 fully saturated rings. The fraction of sp³-hybridized carbons (Fsp3) is 0.389. The van der Waals surface area contributed by atoms with Crippen molar-refractivity contribution in [3.63, 3.8) is 0 Å². The van der Waals surface area contributed by atoms with Crippen LogP contribution in [0.3, 0.4) is 0 Å². The largest absolute Gasteiger partial charge is 0.290 e. The summed E-state index contributed by atoms with van der Waals surface area (Å²) in [6.45, 7) is 1.91. The van der Waals surface area contributed by atoms with Crippen molar-refractivity contribution in [1.82, 2.24) is 9.97 Å². The summed E-state index contributed by atoms with van der Waals surface area (Å²) in [5, 5.41) is 0. The number of amides is 1. The van der Waals surface area contributed by atoms with Crippen LogP contribution in [0.2, 0.25) is 0 Å². The molecule has 1 aromatic heterocycles. The molecule has 0 N–H and O–H groups in total. The highest BCUT2D eigenvalue weighted by Gasteiger charge is 2.22. The minimum absolute atomic E-state index is 0.0948. The number of halogens is 2. The number of anilines is 1. The fourth-order valence-electron chi connectivity index (χ4n) is 2.96. The van der Waals surface area contributed by atoms with Gasteiger partial charge in [-0.2, -0.15) is 0 Å². The van der Waals surface area contributed by atoms with Gasteiger partial charge in [0, 0.05) is 5.56 Å². The van der Waals surface area contributed by atoms with Crippen LogP contribution in [0.25, 0.3) is 0 Å². The van der Waals surface area contributed by atoms with E-state index in [4.69, 9.17) is 11.6 Å². The Morgan fingerprint density at radius 2 is 2.04 bits per heavy atom. The number of carbonyl (C=O) groups is 1. The molecule has 0 bridgehead atoms. The van der Waals surface area contributed by atoms with Gasteiger partial charge in [0.1, 0.15) is 11.7 Å². The second-order valence-corrected chi connectivity index (χ2v) is 6.24. The second-order valence-electron chi connectivity index (χ2n) is 5.98. The molecule has 0 saturated carbocycles. The van der Waals surface area contributed by atoms with Crippen LogP contribution >= 0.6 is 11.6 Å². The molecule has 24 heavy (non-hydrogen) atoms. The Kier molecular flexibility index (Phi) is 5.09.